The zero-order valence-electron chi connectivity index (χ0n) is 7.93. The molecule has 0 saturated heterocycles. The molecule has 6 heteroatoms. The predicted octanol–water partition coefficient (Wildman–Crippen LogP) is 1.17. The summed E-state index contributed by atoms with van der Waals surface area (Å²) in [7, 11) is 0. The Morgan fingerprint density at radius 3 is 3.07 bits per heavy atom. The summed E-state index contributed by atoms with van der Waals surface area (Å²) in [5.74, 6) is 0.377. The molecule has 0 amide bonds. The van der Waals surface area contributed by atoms with Crippen molar-refractivity contribution in [3.05, 3.63) is 29.7 Å². The standard InChI is InChI=1S/C9H7N5O/c1-6-4-8(14-13-6)15-9-11-3-2-7(5-10)12-9/h2-4H,1H3,(H,13,14). The van der Waals surface area contributed by atoms with Crippen LogP contribution in [0.3, 0.4) is 0 Å². The van der Waals surface area contributed by atoms with Gasteiger partial charge in [-0.25, -0.2) is 4.98 Å². The molecule has 1 N–H and O–H groups in total. The maximum atomic E-state index is 8.61. The smallest absolute Gasteiger partial charge is 0.324 e. The second-order valence-electron chi connectivity index (χ2n) is 2.83. The van der Waals surface area contributed by atoms with Crippen LogP contribution in [0.25, 0.3) is 0 Å². The van der Waals surface area contributed by atoms with E-state index in [2.05, 4.69) is 20.2 Å². The van der Waals surface area contributed by atoms with Crippen molar-refractivity contribution in [3.8, 4) is 18.0 Å². The fourth-order valence-electron chi connectivity index (χ4n) is 0.991. The number of aromatic nitrogens is 4. The summed E-state index contributed by atoms with van der Waals surface area (Å²) in [4.78, 5) is 7.70. The molecule has 2 aromatic rings. The summed E-state index contributed by atoms with van der Waals surface area (Å²) in [5.41, 5.74) is 1.13. The van der Waals surface area contributed by atoms with Gasteiger partial charge in [0.25, 0.3) is 0 Å². The van der Waals surface area contributed by atoms with Crippen LogP contribution < -0.4 is 4.74 Å². The number of H-pyrrole nitrogens is 1. The molecule has 0 spiro atoms. The summed E-state index contributed by atoms with van der Waals surface area (Å²) in [6, 6.07) is 5.22. The van der Waals surface area contributed by atoms with E-state index in [4.69, 9.17) is 10.00 Å². The van der Waals surface area contributed by atoms with E-state index in [9.17, 15) is 0 Å². The average Bonchev–Trinajstić information content (AvgIpc) is 2.64. The van der Waals surface area contributed by atoms with Crippen molar-refractivity contribution < 1.29 is 4.74 Å². The van der Waals surface area contributed by atoms with Crippen molar-refractivity contribution in [1.29, 1.82) is 5.26 Å². The van der Waals surface area contributed by atoms with Gasteiger partial charge in [-0.1, -0.05) is 0 Å². The lowest BCUT2D eigenvalue weighted by Crippen LogP contribution is -1.93. The molecule has 15 heavy (non-hydrogen) atoms. The molecule has 0 saturated carbocycles. The Kier molecular flexibility index (Phi) is 2.29. The normalized spacial score (nSPS) is 9.60. The van der Waals surface area contributed by atoms with E-state index < -0.39 is 0 Å². The molecule has 2 rings (SSSR count). The van der Waals surface area contributed by atoms with Crippen LogP contribution in [0, 0.1) is 18.3 Å². The fraction of sp³-hybridized carbons (Fsp3) is 0.111. The molecule has 74 valence electrons. The van der Waals surface area contributed by atoms with E-state index in [1.165, 1.54) is 12.3 Å². The number of ether oxygens (including phenoxy) is 1. The largest absolute Gasteiger partial charge is 0.404 e. The lowest BCUT2D eigenvalue weighted by atomic mass is 10.4. The first kappa shape index (κ1) is 9.15. The minimum absolute atomic E-state index is 0.112. The van der Waals surface area contributed by atoms with Gasteiger partial charge in [0.15, 0.2) is 0 Å². The van der Waals surface area contributed by atoms with Gasteiger partial charge in [-0.2, -0.15) is 10.2 Å². The summed E-state index contributed by atoms with van der Waals surface area (Å²) < 4.78 is 5.23. The monoisotopic (exact) mass is 201 g/mol. The molecule has 0 bridgehead atoms. The number of rotatable bonds is 2. The molecule has 0 aliphatic carbocycles. The minimum Gasteiger partial charge on any atom is -0.404 e. The van der Waals surface area contributed by atoms with Crippen molar-refractivity contribution in [3.63, 3.8) is 0 Å². The third-order valence-corrected chi connectivity index (χ3v) is 1.63. The van der Waals surface area contributed by atoms with Gasteiger partial charge >= 0.3 is 6.01 Å². The van der Waals surface area contributed by atoms with Gasteiger partial charge in [-0.15, -0.1) is 5.10 Å². The molecule has 0 fully saturated rings. The second-order valence-corrected chi connectivity index (χ2v) is 2.83. The highest BCUT2D eigenvalue weighted by Gasteiger charge is 2.04. The fourth-order valence-corrected chi connectivity index (χ4v) is 0.991. The first-order valence-corrected chi connectivity index (χ1v) is 4.21. The SMILES string of the molecule is Cc1cc(Oc2nccc(C#N)n2)n[nH]1. The Bertz CT molecular complexity index is 513. The third kappa shape index (κ3) is 2.08. The Labute approximate surface area is 85.6 Å². The van der Waals surface area contributed by atoms with Crippen molar-refractivity contribution >= 4 is 0 Å². The zero-order chi connectivity index (χ0) is 10.7. The van der Waals surface area contributed by atoms with Crippen LogP contribution in [-0.2, 0) is 0 Å². The Morgan fingerprint density at radius 1 is 1.53 bits per heavy atom. The van der Waals surface area contributed by atoms with E-state index >= 15 is 0 Å². The molecule has 2 heterocycles. The molecule has 2 aromatic heterocycles. The van der Waals surface area contributed by atoms with Crippen molar-refractivity contribution in [2.75, 3.05) is 0 Å². The van der Waals surface area contributed by atoms with Crippen LogP contribution >= 0.6 is 0 Å². The Balaban J connectivity index is 2.21. The lowest BCUT2D eigenvalue weighted by Gasteiger charge is -1.97. The molecule has 0 aliphatic rings. The first-order chi connectivity index (χ1) is 7.28. The summed E-state index contributed by atoms with van der Waals surface area (Å²) >= 11 is 0. The number of nitrogens with one attached hydrogen (secondary N) is 1. The molecule has 0 radical (unpaired) electrons. The zero-order valence-corrected chi connectivity index (χ0v) is 7.93. The molecular weight excluding hydrogens is 194 g/mol. The average molecular weight is 201 g/mol. The summed E-state index contributed by atoms with van der Waals surface area (Å²) in [5, 5.41) is 15.2. The van der Waals surface area contributed by atoms with Gasteiger partial charge in [-0.05, 0) is 13.0 Å². The Morgan fingerprint density at radius 2 is 2.40 bits per heavy atom. The maximum Gasteiger partial charge on any atom is 0.324 e. The number of nitriles is 1. The van der Waals surface area contributed by atoms with Crippen molar-refractivity contribution in [1.82, 2.24) is 20.2 Å². The lowest BCUT2D eigenvalue weighted by molar-refractivity contribution is 0.423. The van der Waals surface area contributed by atoms with Crippen LogP contribution in [0.1, 0.15) is 11.4 Å². The van der Waals surface area contributed by atoms with Crippen LogP contribution in [0.2, 0.25) is 0 Å². The van der Waals surface area contributed by atoms with Crippen molar-refractivity contribution in [2.45, 2.75) is 6.92 Å². The van der Waals surface area contributed by atoms with E-state index in [0.29, 0.717) is 5.88 Å². The number of aryl methyl sites for hydroxylation is 1. The number of hydrogen-bond acceptors (Lipinski definition) is 5. The van der Waals surface area contributed by atoms with E-state index in [0.717, 1.165) is 5.69 Å². The van der Waals surface area contributed by atoms with Crippen LogP contribution in [-0.4, -0.2) is 20.2 Å². The minimum atomic E-state index is 0.112. The molecule has 0 aromatic carbocycles. The van der Waals surface area contributed by atoms with Crippen molar-refractivity contribution in [2.24, 2.45) is 0 Å². The third-order valence-electron chi connectivity index (χ3n) is 1.63. The predicted molar refractivity (Wildman–Crippen MR) is 50.1 cm³/mol. The van der Waals surface area contributed by atoms with Gasteiger partial charge in [-0.3, -0.25) is 5.10 Å². The summed E-state index contributed by atoms with van der Waals surface area (Å²) in [6.07, 6.45) is 1.46. The quantitative estimate of drug-likeness (QED) is 0.787. The van der Waals surface area contributed by atoms with Gasteiger partial charge in [0.1, 0.15) is 11.8 Å². The van der Waals surface area contributed by atoms with Gasteiger partial charge < -0.3 is 4.74 Å². The summed E-state index contributed by atoms with van der Waals surface area (Å²) in [6.45, 7) is 1.85. The van der Waals surface area contributed by atoms with Gasteiger partial charge in [0.2, 0.25) is 5.88 Å². The molecule has 6 nitrogen and oxygen atoms in total. The van der Waals surface area contributed by atoms with Crippen LogP contribution in [0.4, 0.5) is 0 Å². The molecular formula is C9H7N5O. The van der Waals surface area contributed by atoms with E-state index in [1.54, 1.807) is 6.07 Å². The van der Waals surface area contributed by atoms with E-state index in [-0.39, 0.29) is 11.7 Å². The van der Waals surface area contributed by atoms with Gasteiger partial charge in [0, 0.05) is 18.0 Å². The first-order valence-electron chi connectivity index (χ1n) is 4.21. The number of aromatic amines is 1. The van der Waals surface area contributed by atoms with E-state index in [1.807, 2.05) is 13.0 Å². The van der Waals surface area contributed by atoms with Gasteiger partial charge in [0.05, 0.1) is 0 Å². The highest BCUT2D eigenvalue weighted by molar-refractivity contribution is 5.22. The highest BCUT2D eigenvalue weighted by Crippen LogP contribution is 2.14. The molecule has 0 atom stereocenters. The molecule has 0 aliphatic heterocycles. The Hall–Kier alpha value is -2.42. The topological polar surface area (TPSA) is 87.5 Å². The van der Waals surface area contributed by atoms with Crippen LogP contribution in [0.15, 0.2) is 18.3 Å². The number of hydrogen-bond donors (Lipinski definition) is 1. The highest BCUT2D eigenvalue weighted by atomic mass is 16.5. The maximum absolute atomic E-state index is 8.61. The second kappa shape index (κ2) is 3.75. The molecule has 0 unspecified atom stereocenters. The number of nitrogens with zero attached hydrogens (tertiary/aromatic N) is 4. The van der Waals surface area contributed by atoms with Crippen LogP contribution in [0.5, 0.6) is 11.9 Å².